The average molecular weight is 407 g/mol. The summed E-state index contributed by atoms with van der Waals surface area (Å²) in [4.78, 5) is 5.21. The van der Waals surface area contributed by atoms with Gasteiger partial charge in [0.05, 0.1) is 17.9 Å². The molecule has 0 saturated heterocycles. The molecule has 0 spiro atoms. The molecule has 156 valence electrons. The van der Waals surface area contributed by atoms with E-state index < -0.39 is 5.41 Å². The highest BCUT2D eigenvalue weighted by molar-refractivity contribution is 5.86. The molecule has 0 aliphatic heterocycles. The van der Waals surface area contributed by atoms with Crippen LogP contribution in [0.4, 0.5) is 4.39 Å². The highest BCUT2D eigenvalue weighted by atomic mass is 19.1. The van der Waals surface area contributed by atoms with Crippen molar-refractivity contribution in [3.05, 3.63) is 47.0 Å². The number of aliphatic hydroxyl groups excluding tert-OH is 1. The number of benzene rings is 1. The van der Waals surface area contributed by atoms with Gasteiger partial charge in [0, 0.05) is 11.1 Å². The molecule has 0 bridgehead atoms. The van der Waals surface area contributed by atoms with Crippen molar-refractivity contribution in [1.29, 1.82) is 0 Å². The fraction of sp³-hybridized carbons (Fsp3) is 0.478. The Hall–Kier alpha value is -2.67. The van der Waals surface area contributed by atoms with E-state index in [1.54, 1.807) is 0 Å². The van der Waals surface area contributed by atoms with Crippen molar-refractivity contribution in [1.82, 2.24) is 25.6 Å². The number of tetrazole rings is 1. The first-order valence-corrected chi connectivity index (χ1v) is 10.9. The number of aromatic nitrogens is 5. The zero-order valence-electron chi connectivity index (χ0n) is 17.0. The monoisotopic (exact) mass is 407 g/mol. The van der Waals surface area contributed by atoms with Gasteiger partial charge in [0.1, 0.15) is 5.82 Å². The summed E-state index contributed by atoms with van der Waals surface area (Å²) in [6.07, 6.45) is 9.15. The lowest BCUT2D eigenvalue weighted by atomic mass is 9.77. The molecule has 7 heteroatoms. The van der Waals surface area contributed by atoms with Crippen LogP contribution in [0.2, 0.25) is 0 Å². The van der Waals surface area contributed by atoms with Crippen LogP contribution in [0, 0.1) is 5.82 Å². The van der Waals surface area contributed by atoms with Crippen molar-refractivity contribution in [2.45, 2.75) is 63.2 Å². The van der Waals surface area contributed by atoms with Crippen LogP contribution in [0.1, 0.15) is 61.9 Å². The predicted octanol–water partition coefficient (Wildman–Crippen LogP) is 4.14. The summed E-state index contributed by atoms with van der Waals surface area (Å²) in [6.45, 7) is 0.0518. The lowest BCUT2D eigenvalue weighted by Crippen LogP contribution is -2.30. The van der Waals surface area contributed by atoms with E-state index >= 15 is 0 Å². The Bertz CT molecular complexity index is 1030. The third-order valence-electron chi connectivity index (χ3n) is 6.80. The molecule has 1 fully saturated rings. The highest BCUT2D eigenvalue weighted by Gasteiger charge is 2.41. The first-order chi connectivity index (χ1) is 14.7. The topological polar surface area (TPSA) is 87.6 Å². The summed E-state index contributed by atoms with van der Waals surface area (Å²) in [7, 11) is 0. The van der Waals surface area contributed by atoms with Gasteiger partial charge in [-0.1, -0.05) is 31.4 Å². The molecule has 0 unspecified atom stereocenters. The molecule has 0 amide bonds. The van der Waals surface area contributed by atoms with Gasteiger partial charge in [-0.05, 0) is 77.8 Å². The summed E-state index contributed by atoms with van der Waals surface area (Å²) in [5.74, 6) is 0.299. The fourth-order valence-corrected chi connectivity index (χ4v) is 5.26. The molecule has 30 heavy (non-hydrogen) atoms. The van der Waals surface area contributed by atoms with Crippen molar-refractivity contribution in [2.75, 3.05) is 6.61 Å². The molecule has 2 aromatic heterocycles. The lowest BCUT2D eigenvalue weighted by molar-refractivity contribution is 0.192. The molecule has 6 nitrogen and oxygen atoms in total. The van der Waals surface area contributed by atoms with Gasteiger partial charge in [0.15, 0.2) is 5.82 Å². The maximum Gasteiger partial charge on any atom is 0.181 e. The molecular formula is C23H26FN5O. The van der Waals surface area contributed by atoms with E-state index in [9.17, 15) is 9.50 Å². The Morgan fingerprint density at radius 3 is 2.43 bits per heavy atom. The summed E-state index contributed by atoms with van der Waals surface area (Å²) in [6, 6.07) is 6.65. The molecule has 2 N–H and O–H groups in total. The minimum Gasteiger partial charge on any atom is -0.395 e. The van der Waals surface area contributed by atoms with E-state index in [0.29, 0.717) is 5.82 Å². The van der Waals surface area contributed by atoms with E-state index in [4.69, 9.17) is 4.98 Å². The standard InChI is InChI=1S/C23H26FN5O/c24-16-10-8-15(9-11-16)19-17-6-2-1-3-7-18(17)25-21(20(19)22-26-28-29-27-22)23(14-30)12-4-5-13-23/h8-11,30H,1-7,12-14H2,(H,26,27,28,29). The number of nitrogens with zero attached hydrogens (tertiary/aromatic N) is 4. The number of hydrogen-bond donors (Lipinski definition) is 2. The number of aliphatic hydroxyl groups is 1. The Morgan fingerprint density at radius 1 is 0.967 bits per heavy atom. The van der Waals surface area contributed by atoms with Crippen LogP contribution in [-0.4, -0.2) is 37.3 Å². The summed E-state index contributed by atoms with van der Waals surface area (Å²) >= 11 is 0. The average Bonchev–Trinajstić information content (AvgIpc) is 3.42. The Kier molecular flexibility index (Phi) is 5.06. The zero-order valence-corrected chi connectivity index (χ0v) is 17.0. The number of rotatable bonds is 4. The van der Waals surface area contributed by atoms with E-state index in [-0.39, 0.29) is 12.4 Å². The third-order valence-corrected chi connectivity index (χ3v) is 6.80. The van der Waals surface area contributed by atoms with E-state index in [2.05, 4.69) is 20.6 Å². The molecule has 2 aliphatic rings. The first kappa shape index (κ1) is 19.3. The molecule has 2 aliphatic carbocycles. The molecule has 1 saturated carbocycles. The van der Waals surface area contributed by atoms with Gasteiger partial charge in [-0.25, -0.2) is 9.49 Å². The maximum absolute atomic E-state index is 13.7. The van der Waals surface area contributed by atoms with Gasteiger partial charge in [0.2, 0.25) is 0 Å². The Balaban J connectivity index is 1.86. The normalized spacial score (nSPS) is 18.2. The molecule has 0 atom stereocenters. The number of hydrogen-bond acceptors (Lipinski definition) is 5. The van der Waals surface area contributed by atoms with E-state index in [1.807, 2.05) is 12.1 Å². The number of aromatic amines is 1. The van der Waals surface area contributed by atoms with E-state index in [1.165, 1.54) is 24.1 Å². The van der Waals surface area contributed by atoms with Crippen molar-refractivity contribution in [2.24, 2.45) is 0 Å². The predicted molar refractivity (Wildman–Crippen MR) is 111 cm³/mol. The largest absolute Gasteiger partial charge is 0.395 e. The van der Waals surface area contributed by atoms with Gasteiger partial charge < -0.3 is 5.11 Å². The van der Waals surface area contributed by atoms with Crippen LogP contribution in [-0.2, 0) is 18.3 Å². The minimum absolute atomic E-state index is 0.0518. The van der Waals surface area contributed by atoms with Gasteiger partial charge >= 0.3 is 0 Å². The second-order valence-electron chi connectivity index (χ2n) is 8.60. The molecule has 0 radical (unpaired) electrons. The number of pyridine rings is 1. The number of nitrogens with one attached hydrogen (secondary N) is 1. The van der Waals surface area contributed by atoms with Gasteiger partial charge in [0.25, 0.3) is 0 Å². The van der Waals surface area contributed by atoms with Gasteiger partial charge in [-0.15, -0.1) is 5.10 Å². The van der Waals surface area contributed by atoms with Crippen LogP contribution in [0.5, 0.6) is 0 Å². The number of halogens is 1. The van der Waals surface area contributed by atoms with Crippen molar-refractivity contribution >= 4 is 0 Å². The summed E-state index contributed by atoms with van der Waals surface area (Å²) in [5.41, 5.74) is 5.66. The van der Waals surface area contributed by atoms with Crippen LogP contribution >= 0.6 is 0 Å². The van der Waals surface area contributed by atoms with Gasteiger partial charge in [-0.3, -0.25) is 4.98 Å². The second-order valence-corrected chi connectivity index (χ2v) is 8.60. The smallest absolute Gasteiger partial charge is 0.181 e. The third kappa shape index (κ3) is 3.21. The van der Waals surface area contributed by atoms with Crippen molar-refractivity contribution in [3.8, 4) is 22.5 Å². The van der Waals surface area contributed by atoms with E-state index in [0.717, 1.165) is 79.4 Å². The Labute approximate surface area is 175 Å². The Morgan fingerprint density at radius 2 is 1.73 bits per heavy atom. The van der Waals surface area contributed by atoms with Crippen molar-refractivity contribution < 1.29 is 9.50 Å². The summed E-state index contributed by atoms with van der Waals surface area (Å²) in [5, 5.41) is 25.3. The minimum atomic E-state index is -0.391. The van der Waals surface area contributed by atoms with Crippen LogP contribution in [0.25, 0.3) is 22.5 Å². The summed E-state index contributed by atoms with van der Waals surface area (Å²) < 4.78 is 13.7. The van der Waals surface area contributed by atoms with Crippen LogP contribution in [0.3, 0.4) is 0 Å². The molecular weight excluding hydrogens is 381 g/mol. The molecule has 1 aromatic carbocycles. The maximum atomic E-state index is 13.7. The first-order valence-electron chi connectivity index (χ1n) is 10.9. The highest BCUT2D eigenvalue weighted by Crippen LogP contribution is 2.48. The zero-order chi connectivity index (χ0) is 20.6. The van der Waals surface area contributed by atoms with Crippen LogP contribution < -0.4 is 0 Å². The molecule has 2 heterocycles. The second kappa shape index (κ2) is 7.87. The number of H-pyrrole nitrogens is 1. The molecule has 5 rings (SSSR count). The van der Waals surface area contributed by atoms with Crippen molar-refractivity contribution in [3.63, 3.8) is 0 Å². The quantitative estimate of drug-likeness (QED) is 0.635. The fourth-order valence-electron chi connectivity index (χ4n) is 5.26. The van der Waals surface area contributed by atoms with Gasteiger partial charge in [-0.2, -0.15) is 0 Å². The number of aryl methyl sites for hydroxylation is 1. The lowest BCUT2D eigenvalue weighted by Gasteiger charge is -2.31. The SMILES string of the molecule is OCC1(c2nc3c(c(-c4ccc(F)cc4)c2-c2nnn[nH]2)CCCCC3)CCCC1. The van der Waals surface area contributed by atoms with Crippen LogP contribution in [0.15, 0.2) is 24.3 Å². The number of fused-ring (bicyclic) bond motifs is 1. The molecule has 3 aromatic rings.